The molecule has 0 heterocycles. The molecule has 0 saturated carbocycles. The van der Waals surface area contributed by atoms with Crippen LogP contribution in [0.25, 0.3) is 0 Å². The quantitative estimate of drug-likeness (QED) is 0.284. The maximum atomic E-state index is 10.0. The summed E-state index contributed by atoms with van der Waals surface area (Å²) >= 11 is 8.69. The fourth-order valence-corrected chi connectivity index (χ4v) is 8.69. The highest BCUT2D eigenvalue weighted by Gasteiger charge is 2.09. The minimum Gasteiger partial charge on any atom is -0.354 e. The molecule has 0 rings (SSSR count). The lowest BCUT2D eigenvalue weighted by molar-refractivity contribution is 0.653. The summed E-state index contributed by atoms with van der Waals surface area (Å²) in [6.45, 7) is 4.45. The Morgan fingerprint density at radius 1 is 0.824 bits per heavy atom. The first-order valence-corrected chi connectivity index (χ1v) is 13.0. The van der Waals surface area contributed by atoms with Crippen molar-refractivity contribution in [1.29, 1.82) is 0 Å². The van der Waals surface area contributed by atoms with E-state index in [0.29, 0.717) is 0 Å². The topological polar surface area (TPSA) is 20.2 Å². The molecule has 0 aromatic carbocycles. The van der Waals surface area contributed by atoms with E-state index in [4.69, 9.17) is 0 Å². The van der Waals surface area contributed by atoms with Crippen LogP contribution >= 0.6 is 29.2 Å². The Bertz CT molecular complexity index is 216. The van der Waals surface area contributed by atoms with Crippen LogP contribution in [0.4, 0.5) is 0 Å². The summed E-state index contributed by atoms with van der Waals surface area (Å²) in [5.41, 5.74) is 0. The molecule has 0 unspecified atom stereocenters. The third-order valence-corrected chi connectivity index (χ3v) is 12.4. The molecular weight excluding hydrogens is 287 g/mol. The molecule has 0 aromatic heterocycles. The molecule has 0 amide bonds. The Hall–Kier alpha value is 1.44. The fraction of sp³-hybridized carbons (Fsp3) is 1.00. The van der Waals surface area contributed by atoms with E-state index in [0.717, 1.165) is 11.5 Å². The van der Waals surface area contributed by atoms with Crippen molar-refractivity contribution in [2.45, 2.75) is 65.2 Å². The van der Waals surface area contributed by atoms with Gasteiger partial charge in [-0.1, -0.05) is 52.4 Å². The van der Waals surface area contributed by atoms with E-state index in [9.17, 15) is 4.89 Å². The number of unbranched alkanes of at least 4 members (excludes halogenated alkanes) is 6. The lowest BCUT2D eigenvalue weighted by atomic mass is 10.2. The zero-order chi connectivity index (χ0) is 13.1. The molecule has 17 heavy (non-hydrogen) atoms. The smallest absolute Gasteiger partial charge is 0.127 e. The molecule has 0 saturated heterocycles. The zero-order valence-electron chi connectivity index (χ0n) is 11.3. The van der Waals surface area contributed by atoms with Crippen molar-refractivity contribution in [3.63, 3.8) is 0 Å². The van der Waals surface area contributed by atoms with Gasteiger partial charge in [0.15, 0.2) is 0 Å². The summed E-state index contributed by atoms with van der Waals surface area (Å²) in [7, 11) is 0.0463. The maximum absolute atomic E-state index is 10.0. The molecular formula is C12H29OPS3. The predicted octanol–water partition coefficient (Wildman–Crippen LogP) is 5.29. The first kappa shape index (κ1) is 18.4. The van der Waals surface area contributed by atoms with Gasteiger partial charge in [0.1, 0.15) is 4.67 Å². The molecule has 1 nitrogen and oxygen atoms in total. The SMILES string of the molecule is CCCCCCS(CCCCCC)=P(O)(S)S. The highest BCUT2D eigenvalue weighted by Crippen LogP contribution is 2.56. The predicted molar refractivity (Wildman–Crippen MR) is 92.5 cm³/mol. The summed E-state index contributed by atoms with van der Waals surface area (Å²) in [5, 5.41) is 0. The first-order chi connectivity index (χ1) is 8.02. The normalized spacial score (nSPS) is 12.4. The summed E-state index contributed by atoms with van der Waals surface area (Å²) in [5.74, 6) is 2.26. The molecule has 5 heteroatoms. The molecule has 0 aliphatic heterocycles. The van der Waals surface area contributed by atoms with Crippen LogP contribution in [0.15, 0.2) is 0 Å². The van der Waals surface area contributed by atoms with Gasteiger partial charge in [-0.05, 0) is 24.3 Å². The molecule has 1 N–H and O–H groups in total. The van der Waals surface area contributed by atoms with E-state index in [1.807, 2.05) is 0 Å². The standard InChI is InChI=1S/C12H29OPS3/c1-3-5-7-9-11-17(14(13,15)16)12-10-8-6-4-2/h13,15-16H,3-12H2,1-2H3. The van der Waals surface area contributed by atoms with Crippen molar-refractivity contribution in [3.8, 4) is 0 Å². The zero-order valence-corrected chi connectivity index (χ0v) is 14.8. The van der Waals surface area contributed by atoms with Crippen molar-refractivity contribution in [3.05, 3.63) is 0 Å². The molecule has 0 fully saturated rings. The van der Waals surface area contributed by atoms with Gasteiger partial charge in [-0.3, -0.25) is 0 Å². The van der Waals surface area contributed by atoms with E-state index >= 15 is 0 Å². The summed E-state index contributed by atoms with van der Waals surface area (Å²) in [6.07, 6.45) is 10.2. The second-order valence-corrected chi connectivity index (χ2v) is 16.5. The molecule has 0 spiro atoms. The van der Waals surface area contributed by atoms with Gasteiger partial charge in [0.05, 0.1) is 0 Å². The van der Waals surface area contributed by atoms with Gasteiger partial charge < -0.3 is 4.89 Å². The van der Waals surface area contributed by atoms with E-state index in [2.05, 4.69) is 38.3 Å². The Morgan fingerprint density at radius 2 is 1.24 bits per heavy atom. The van der Waals surface area contributed by atoms with Crippen LogP contribution in [-0.4, -0.2) is 16.4 Å². The van der Waals surface area contributed by atoms with Gasteiger partial charge in [-0.2, -0.15) is 0 Å². The van der Waals surface area contributed by atoms with Crippen LogP contribution in [0.3, 0.4) is 0 Å². The molecule has 106 valence electrons. The first-order valence-electron chi connectivity index (χ1n) is 6.77. The van der Waals surface area contributed by atoms with Crippen molar-refractivity contribution in [1.82, 2.24) is 0 Å². The van der Waals surface area contributed by atoms with Crippen LogP contribution < -0.4 is 0 Å². The van der Waals surface area contributed by atoms with Gasteiger partial charge in [0.2, 0.25) is 0 Å². The average Bonchev–Trinajstić information content (AvgIpc) is 2.25. The molecule has 0 atom stereocenters. The van der Waals surface area contributed by atoms with E-state index < -0.39 is 4.67 Å². The Labute approximate surface area is 120 Å². The second kappa shape index (κ2) is 11.3. The number of hydrogen-bond donors (Lipinski definition) is 3. The summed E-state index contributed by atoms with van der Waals surface area (Å²) < 4.78 is -2.21. The fourth-order valence-electron chi connectivity index (χ4n) is 1.74. The van der Waals surface area contributed by atoms with E-state index in [1.54, 1.807) is 0 Å². The summed E-state index contributed by atoms with van der Waals surface area (Å²) in [4.78, 5) is 10.0. The van der Waals surface area contributed by atoms with Gasteiger partial charge >= 0.3 is 0 Å². The van der Waals surface area contributed by atoms with Crippen molar-refractivity contribution in [2.75, 3.05) is 11.5 Å². The van der Waals surface area contributed by atoms with Crippen LogP contribution in [-0.2, 0) is 10.1 Å². The summed E-state index contributed by atoms with van der Waals surface area (Å²) in [6, 6.07) is 0. The van der Waals surface area contributed by atoms with Gasteiger partial charge in [0.25, 0.3) is 0 Å². The minimum absolute atomic E-state index is 0.0463. The Morgan fingerprint density at radius 3 is 1.53 bits per heavy atom. The molecule has 0 aromatic rings. The van der Waals surface area contributed by atoms with Gasteiger partial charge in [-0.15, -0.1) is 34.6 Å². The molecule has 0 radical (unpaired) electrons. The van der Waals surface area contributed by atoms with Crippen LogP contribution in [0.1, 0.15) is 65.2 Å². The van der Waals surface area contributed by atoms with Crippen LogP contribution in [0.2, 0.25) is 0 Å². The lowest BCUT2D eigenvalue weighted by Gasteiger charge is -2.17. The third kappa shape index (κ3) is 11.0. The van der Waals surface area contributed by atoms with Crippen molar-refractivity contribution >= 4 is 39.2 Å². The molecule has 0 aliphatic rings. The molecule has 0 bridgehead atoms. The highest BCUT2D eigenvalue weighted by molar-refractivity contribution is 8.94. The monoisotopic (exact) mass is 316 g/mol. The second-order valence-electron chi connectivity index (χ2n) is 4.51. The van der Waals surface area contributed by atoms with Crippen LogP contribution in [0, 0.1) is 0 Å². The van der Waals surface area contributed by atoms with Gasteiger partial charge in [-0.25, -0.2) is 0 Å². The minimum atomic E-state index is -2.21. The van der Waals surface area contributed by atoms with Gasteiger partial charge in [0, 0.05) is 0 Å². The third-order valence-electron chi connectivity index (χ3n) is 2.81. The number of hydrogen-bond acceptors (Lipinski definition) is 0. The lowest BCUT2D eigenvalue weighted by Crippen LogP contribution is -2.03. The highest BCUT2D eigenvalue weighted by atomic mass is 33.2. The Balaban J connectivity index is 4.01. The van der Waals surface area contributed by atoms with Crippen molar-refractivity contribution < 1.29 is 4.89 Å². The maximum Gasteiger partial charge on any atom is 0.127 e. The number of thiol groups is 2. The van der Waals surface area contributed by atoms with E-state index in [-0.39, 0.29) is 10.1 Å². The van der Waals surface area contributed by atoms with Crippen molar-refractivity contribution in [2.24, 2.45) is 0 Å². The largest absolute Gasteiger partial charge is 0.354 e. The Kier molecular flexibility index (Phi) is 12.2. The average molecular weight is 317 g/mol. The number of rotatable bonds is 10. The molecule has 0 aliphatic carbocycles. The van der Waals surface area contributed by atoms with Crippen LogP contribution in [0.5, 0.6) is 0 Å². The van der Waals surface area contributed by atoms with E-state index in [1.165, 1.54) is 51.4 Å².